The number of nitrogens with zero attached hydrogens (tertiary/aromatic N) is 2. The van der Waals surface area contributed by atoms with Crippen molar-refractivity contribution >= 4 is 22.6 Å². The number of H-pyrrole nitrogens is 1. The number of benzene rings is 1. The van der Waals surface area contributed by atoms with Crippen LogP contribution in [0.3, 0.4) is 0 Å². The number of para-hydroxylation sites is 2. The fraction of sp³-hybridized carbons (Fsp3) is 0.278. The van der Waals surface area contributed by atoms with Crippen molar-refractivity contribution in [2.24, 2.45) is 7.05 Å². The molecular formula is C18H20N4O3. The van der Waals surface area contributed by atoms with E-state index in [1.807, 2.05) is 13.8 Å². The van der Waals surface area contributed by atoms with Crippen molar-refractivity contribution in [3.8, 4) is 5.75 Å². The van der Waals surface area contributed by atoms with E-state index in [-0.39, 0.29) is 23.6 Å². The Bertz CT molecular complexity index is 1020. The molecule has 3 rings (SSSR count). The summed E-state index contributed by atoms with van der Waals surface area (Å²) < 4.78 is 1.65. The summed E-state index contributed by atoms with van der Waals surface area (Å²) in [7, 11) is 1.78. The smallest absolute Gasteiger partial charge is 0.253 e. The SMILES string of the molecule is Cc1nn(C)c2[nH]c(=O)c(CCC(=O)Nc3ccccc3O)c(C)c12. The maximum atomic E-state index is 12.4. The summed E-state index contributed by atoms with van der Waals surface area (Å²) in [4.78, 5) is 27.4. The molecule has 1 aromatic carbocycles. The second kappa shape index (κ2) is 6.43. The molecule has 0 bridgehead atoms. The first-order chi connectivity index (χ1) is 11.9. The van der Waals surface area contributed by atoms with Gasteiger partial charge in [-0.15, -0.1) is 0 Å². The number of phenols is 1. The van der Waals surface area contributed by atoms with E-state index in [1.165, 1.54) is 6.07 Å². The van der Waals surface area contributed by atoms with Gasteiger partial charge in [-0.3, -0.25) is 14.3 Å². The summed E-state index contributed by atoms with van der Waals surface area (Å²) in [6.45, 7) is 3.77. The summed E-state index contributed by atoms with van der Waals surface area (Å²) in [6.07, 6.45) is 0.452. The molecular weight excluding hydrogens is 320 g/mol. The summed E-state index contributed by atoms with van der Waals surface area (Å²) in [5, 5.41) is 17.6. The van der Waals surface area contributed by atoms with Crippen LogP contribution in [-0.4, -0.2) is 25.8 Å². The number of hydrogen-bond acceptors (Lipinski definition) is 4. The van der Waals surface area contributed by atoms with Crippen LogP contribution in [0.5, 0.6) is 5.75 Å². The molecule has 0 saturated heterocycles. The number of rotatable bonds is 4. The molecule has 0 radical (unpaired) electrons. The lowest BCUT2D eigenvalue weighted by molar-refractivity contribution is -0.116. The molecule has 7 heteroatoms. The van der Waals surface area contributed by atoms with Gasteiger partial charge in [0.2, 0.25) is 5.91 Å². The molecule has 1 amide bonds. The zero-order valence-electron chi connectivity index (χ0n) is 14.4. The number of anilines is 1. The molecule has 0 aliphatic rings. The molecule has 2 heterocycles. The Morgan fingerprint density at radius 1 is 1.32 bits per heavy atom. The van der Waals surface area contributed by atoms with Gasteiger partial charge in [0.15, 0.2) is 0 Å². The monoisotopic (exact) mass is 340 g/mol. The Labute approximate surface area is 144 Å². The van der Waals surface area contributed by atoms with E-state index >= 15 is 0 Å². The van der Waals surface area contributed by atoms with Crippen LogP contribution in [0.15, 0.2) is 29.1 Å². The summed E-state index contributed by atoms with van der Waals surface area (Å²) in [5.41, 5.74) is 3.10. The molecule has 7 nitrogen and oxygen atoms in total. The molecule has 0 fully saturated rings. The number of nitrogens with one attached hydrogen (secondary N) is 2. The Kier molecular flexibility index (Phi) is 4.31. The second-order valence-corrected chi connectivity index (χ2v) is 6.06. The Morgan fingerprint density at radius 3 is 2.76 bits per heavy atom. The Balaban J connectivity index is 1.82. The van der Waals surface area contributed by atoms with Crippen molar-refractivity contribution in [2.75, 3.05) is 5.32 Å². The number of pyridine rings is 1. The number of amides is 1. The molecule has 25 heavy (non-hydrogen) atoms. The highest BCUT2D eigenvalue weighted by atomic mass is 16.3. The molecule has 3 N–H and O–H groups in total. The molecule has 130 valence electrons. The number of aromatic amines is 1. The minimum absolute atomic E-state index is 0.0114. The van der Waals surface area contributed by atoms with E-state index in [1.54, 1.807) is 29.9 Å². The van der Waals surface area contributed by atoms with Crippen LogP contribution in [0.25, 0.3) is 11.0 Å². The summed E-state index contributed by atoms with van der Waals surface area (Å²) >= 11 is 0. The van der Waals surface area contributed by atoms with E-state index in [4.69, 9.17) is 0 Å². The van der Waals surface area contributed by atoms with Crippen molar-refractivity contribution in [3.05, 3.63) is 51.4 Å². The van der Waals surface area contributed by atoms with Crippen LogP contribution >= 0.6 is 0 Å². The van der Waals surface area contributed by atoms with Crippen molar-refractivity contribution in [1.82, 2.24) is 14.8 Å². The minimum atomic E-state index is -0.261. The number of fused-ring (bicyclic) bond motifs is 1. The van der Waals surface area contributed by atoms with Gasteiger partial charge >= 0.3 is 0 Å². The van der Waals surface area contributed by atoms with Gasteiger partial charge in [-0.1, -0.05) is 12.1 Å². The standard InChI is InChI=1S/C18H20N4O3/c1-10-12(18(25)20-17-16(10)11(2)21-22(17)3)8-9-15(24)19-13-6-4-5-7-14(13)23/h4-7,23H,8-9H2,1-3H3,(H,19,24)(H,20,25). The Morgan fingerprint density at radius 2 is 2.04 bits per heavy atom. The van der Waals surface area contributed by atoms with Gasteiger partial charge in [-0.2, -0.15) is 5.10 Å². The van der Waals surface area contributed by atoms with Crippen LogP contribution in [0, 0.1) is 13.8 Å². The third kappa shape index (κ3) is 3.13. The first kappa shape index (κ1) is 16.8. The van der Waals surface area contributed by atoms with Crippen molar-refractivity contribution in [1.29, 1.82) is 0 Å². The highest BCUT2D eigenvalue weighted by Crippen LogP contribution is 2.23. The topological polar surface area (TPSA) is 100 Å². The number of aromatic nitrogens is 3. The number of aryl methyl sites for hydroxylation is 3. The molecule has 0 aliphatic carbocycles. The quantitative estimate of drug-likeness (QED) is 0.634. The van der Waals surface area contributed by atoms with Crippen LogP contribution in [0.2, 0.25) is 0 Å². The second-order valence-electron chi connectivity index (χ2n) is 6.06. The fourth-order valence-electron chi connectivity index (χ4n) is 3.09. The average Bonchev–Trinajstić information content (AvgIpc) is 2.83. The lowest BCUT2D eigenvalue weighted by Gasteiger charge is -2.09. The van der Waals surface area contributed by atoms with Gasteiger partial charge in [0.1, 0.15) is 11.4 Å². The van der Waals surface area contributed by atoms with Crippen LogP contribution < -0.4 is 10.9 Å². The third-order valence-electron chi connectivity index (χ3n) is 4.34. The zero-order valence-corrected chi connectivity index (χ0v) is 14.4. The normalized spacial score (nSPS) is 11.0. The van der Waals surface area contributed by atoms with Crippen LogP contribution in [0.1, 0.15) is 23.2 Å². The molecule has 0 unspecified atom stereocenters. The van der Waals surface area contributed by atoms with E-state index < -0.39 is 0 Å². The van der Waals surface area contributed by atoms with E-state index in [9.17, 15) is 14.7 Å². The highest BCUT2D eigenvalue weighted by Gasteiger charge is 2.16. The van der Waals surface area contributed by atoms with Crippen molar-refractivity contribution in [2.45, 2.75) is 26.7 Å². The van der Waals surface area contributed by atoms with Gasteiger partial charge in [0.05, 0.1) is 11.4 Å². The third-order valence-corrected chi connectivity index (χ3v) is 4.34. The fourth-order valence-corrected chi connectivity index (χ4v) is 3.09. The number of carbonyl (C=O) groups excluding carboxylic acids is 1. The molecule has 2 aromatic heterocycles. The molecule has 0 atom stereocenters. The van der Waals surface area contributed by atoms with Gasteiger partial charge in [0.25, 0.3) is 5.56 Å². The number of carbonyl (C=O) groups is 1. The molecule has 0 saturated carbocycles. The Hall–Kier alpha value is -3.09. The first-order valence-electron chi connectivity index (χ1n) is 8.01. The molecule has 3 aromatic rings. The number of phenolic OH excluding ortho intramolecular Hbond substituents is 1. The zero-order chi connectivity index (χ0) is 18.1. The van der Waals surface area contributed by atoms with Crippen molar-refractivity contribution in [3.63, 3.8) is 0 Å². The summed E-state index contributed by atoms with van der Waals surface area (Å²) in [6, 6.07) is 6.53. The largest absolute Gasteiger partial charge is 0.506 e. The average molecular weight is 340 g/mol. The maximum Gasteiger partial charge on any atom is 0.253 e. The maximum absolute atomic E-state index is 12.4. The van der Waals surface area contributed by atoms with Crippen molar-refractivity contribution < 1.29 is 9.90 Å². The number of hydrogen-bond donors (Lipinski definition) is 3. The predicted octanol–water partition coefficient (Wildman–Crippen LogP) is 2.16. The lowest BCUT2D eigenvalue weighted by atomic mass is 10.0. The summed E-state index contributed by atoms with van der Waals surface area (Å²) in [5.74, 6) is -0.249. The van der Waals surface area contributed by atoms with Crippen LogP contribution in [-0.2, 0) is 18.3 Å². The van der Waals surface area contributed by atoms with Gasteiger partial charge in [0, 0.05) is 24.4 Å². The van der Waals surface area contributed by atoms with Crippen LogP contribution in [0.4, 0.5) is 5.69 Å². The lowest BCUT2D eigenvalue weighted by Crippen LogP contribution is -2.19. The van der Waals surface area contributed by atoms with E-state index in [0.717, 1.165) is 16.6 Å². The van der Waals surface area contributed by atoms with Gasteiger partial charge < -0.3 is 15.4 Å². The van der Waals surface area contributed by atoms with Gasteiger partial charge in [-0.05, 0) is 38.0 Å². The van der Waals surface area contributed by atoms with Gasteiger partial charge in [-0.25, -0.2) is 0 Å². The molecule has 0 aliphatic heterocycles. The first-order valence-corrected chi connectivity index (χ1v) is 8.01. The highest BCUT2D eigenvalue weighted by molar-refractivity contribution is 5.92. The number of aromatic hydroxyl groups is 1. The van der Waals surface area contributed by atoms with E-state index in [2.05, 4.69) is 15.4 Å². The van der Waals surface area contributed by atoms with E-state index in [0.29, 0.717) is 23.3 Å². The predicted molar refractivity (Wildman–Crippen MR) is 95.9 cm³/mol. The minimum Gasteiger partial charge on any atom is -0.506 e. The molecule has 0 spiro atoms.